The average Bonchev–Trinajstić information content (AvgIpc) is 2.18. The number of carboxylic acid groups (broad SMARTS) is 1. The molecule has 5 nitrogen and oxygen atoms in total. The Morgan fingerprint density at radius 3 is 2.87 bits per heavy atom. The molecule has 1 heterocycles. The second kappa shape index (κ2) is 5.53. The first-order valence-electron chi connectivity index (χ1n) is 4.28. The molecule has 0 amide bonds. The van der Waals surface area contributed by atoms with Crippen LogP contribution in [0.2, 0.25) is 5.15 Å². The monoisotopic (exact) mass is 231 g/mol. The lowest BCUT2D eigenvalue weighted by Crippen LogP contribution is -2.07. The van der Waals surface area contributed by atoms with Crippen LogP contribution in [0.5, 0.6) is 5.88 Å². The van der Waals surface area contributed by atoms with Crippen molar-refractivity contribution in [2.24, 2.45) is 0 Å². The Morgan fingerprint density at radius 2 is 2.27 bits per heavy atom. The Balaban J connectivity index is 2.82. The Hall–Kier alpha value is -1.33. The number of rotatable bonds is 5. The van der Waals surface area contributed by atoms with E-state index in [0.29, 0.717) is 6.42 Å². The van der Waals surface area contributed by atoms with Crippen molar-refractivity contribution in [3.63, 3.8) is 0 Å². The van der Waals surface area contributed by atoms with Gasteiger partial charge in [-0.3, -0.25) is 0 Å². The van der Waals surface area contributed by atoms with E-state index in [0.717, 1.165) is 0 Å². The Bertz CT molecular complexity index is 356. The first kappa shape index (κ1) is 11.7. The summed E-state index contributed by atoms with van der Waals surface area (Å²) in [6, 6.07) is 2.70. The number of aliphatic hydroxyl groups excluding tert-OH is 1. The number of nitrogens with zero attached hydrogens (tertiary/aromatic N) is 1. The zero-order valence-electron chi connectivity index (χ0n) is 7.81. The molecule has 0 atom stereocenters. The molecule has 82 valence electrons. The van der Waals surface area contributed by atoms with Gasteiger partial charge in [-0.15, -0.1) is 0 Å². The van der Waals surface area contributed by atoms with Gasteiger partial charge in [-0.1, -0.05) is 11.6 Å². The average molecular weight is 232 g/mol. The van der Waals surface area contributed by atoms with Crippen molar-refractivity contribution in [3.05, 3.63) is 22.8 Å². The van der Waals surface area contributed by atoms with Crippen molar-refractivity contribution in [1.29, 1.82) is 0 Å². The summed E-state index contributed by atoms with van der Waals surface area (Å²) in [4.78, 5) is 14.5. The molecule has 1 rings (SSSR count). The number of carboxylic acids is 1. The molecule has 0 unspecified atom stereocenters. The van der Waals surface area contributed by atoms with E-state index in [1.165, 1.54) is 12.1 Å². The van der Waals surface area contributed by atoms with Gasteiger partial charge in [0.15, 0.2) is 0 Å². The molecule has 0 saturated heterocycles. The molecule has 0 aliphatic heterocycles. The minimum atomic E-state index is -1.13. The van der Waals surface area contributed by atoms with Crippen molar-refractivity contribution < 1.29 is 19.7 Å². The number of halogens is 1. The fourth-order valence-electron chi connectivity index (χ4n) is 0.924. The molecular formula is C9H10ClNO4. The number of aromatic nitrogens is 1. The molecule has 0 radical (unpaired) electrons. The highest BCUT2D eigenvalue weighted by atomic mass is 35.5. The van der Waals surface area contributed by atoms with Gasteiger partial charge in [0.05, 0.1) is 6.61 Å². The summed E-state index contributed by atoms with van der Waals surface area (Å²) in [5, 5.41) is 17.5. The zero-order chi connectivity index (χ0) is 11.3. The minimum absolute atomic E-state index is 0.0246. The Labute approximate surface area is 91.3 Å². The summed E-state index contributed by atoms with van der Waals surface area (Å²) in [5.41, 5.74) is -0.0441. The minimum Gasteiger partial charge on any atom is -0.477 e. The third-order valence-corrected chi connectivity index (χ3v) is 1.81. The van der Waals surface area contributed by atoms with Crippen molar-refractivity contribution in [1.82, 2.24) is 4.98 Å². The number of ether oxygens (including phenoxy) is 1. The summed E-state index contributed by atoms with van der Waals surface area (Å²) in [7, 11) is 0. The van der Waals surface area contributed by atoms with Crippen LogP contribution in [0.4, 0.5) is 0 Å². The van der Waals surface area contributed by atoms with E-state index >= 15 is 0 Å². The van der Waals surface area contributed by atoms with Gasteiger partial charge in [0, 0.05) is 13.0 Å². The highest BCUT2D eigenvalue weighted by Gasteiger charge is 2.13. The van der Waals surface area contributed by atoms with Crippen LogP contribution in [0.15, 0.2) is 12.1 Å². The van der Waals surface area contributed by atoms with E-state index in [1.807, 2.05) is 0 Å². The van der Waals surface area contributed by atoms with Crippen LogP contribution < -0.4 is 4.74 Å². The maximum atomic E-state index is 10.8. The van der Waals surface area contributed by atoms with Gasteiger partial charge in [-0.05, 0) is 12.1 Å². The van der Waals surface area contributed by atoms with Gasteiger partial charge in [0.2, 0.25) is 5.88 Å². The third kappa shape index (κ3) is 3.38. The molecule has 15 heavy (non-hydrogen) atoms. The van der Waals surface area contributed by atoms with Crippen LogP contribution in [-0.2, 0) is 0 Å². The molecule has 0 bridgehead atoms. The highest BCUT2D eigenvalue weighted by molar-refractivity contribution is 6.29. The van der Waals surface area contributed by atoms with Crippen molar-refractivity contribution >= 4 is 17.6 Å². The van der Waals surface area contributed by atoms with Crippen molar-refractivity contribution in [3.8, 4) is 5.88 Å². The van der Waals surface area contributed by atoms with Gasteiger partial charge < -0.3 is 14.9 Å². The fourth-order valence-corrected chi connectivity index (χ4v) is 1.06. The largest absolute Gasteiger partial charge is 0.477 e. The molecule has 0 spiro atoms. The number of carbonyl (C=O) groups is 1. The quantitative estimate of drug-likeness (QED) is 0.588. The summed E-state index contributed by atoms with van der Waals surface area (Å²) in [5.74, 6) is -1.15. The fraction of sp³-hybridized carbons (Fsp3) is 0.333. The number of hydrogen-bond acceptors (Lipinski definition) is 4. The van der Waals surface area contributed by atoms with Gasteiger partial charge in [0.1, 0.15) is 10.7 Å². The van der Waals surface area contributed by atoms with Gasteiger partial charge in [-0.25, -0.2) is 9.78 Å². The Morgan fingerprint density at radius 1 is 1.53 bits per heavy atom. The van der Waals surface area contributed by atoms with Gasteiger partial charge in [0.25, 0.3) is 0 Å². The smallest absolute Gasteiger partial charge is 0.341 e. The lowest BCUT2D eigenvalue weighted by molar-refractivity contribution is 0.0691. The van der Waals surface area contributed by atoms with E-state index in [4.69, 9.17) is 26.6 Å². The van der Waals surface area contributed by atoms with E-state index in [-0.39, 0.29) is 29.8 Å². The first-order chi connectivity index (χ1) is 7.15. The molecule has 1 aromatic heterocycles. The summed E-state index contributed by atoms with van der Waals surface area (Å²) in [6.07, 6.45) is 0.410. The molecule has 1 aromatic rings. The van der Waals surface area contributed by atoms with Crippen LogP contribution in [0, 0.1) is 0 Å². The van der Waals surface area contributed by atoms with Crippen molar-refractivity contribution in [2.75, 3.05) is 13.2 Å². The van der Waals surface area contributed by atoms with E-state index in [1.54, 1.807) is 0 Å². The molecule has 0 fully saturated rings. The number of pyridine rings is 1. The Kier molecular flexibility index (Phi) is 4.33. The van der Waals surface area contributed by atoms with Gasteiger partial charge >= 0.3 is 5.97 Å². The van der Waals surface area contributed by atoms with E-state index in [9.17, 15) is 4.79 Å². The van der Waals surface area contributed by atoms with Crippen LogP contribution in [0.25, 0.3) is 0 Å². The normalized spacial score (nSPS) is 10.0. The van der Waals surface area contributed by atoms with Crippen LogP contribution in [0.3, 0.4) is 0 Å². The molecular weight excluding hydrogens is 222 g/mol. The maximum Gasteiger partial charge on any atom is 0.341 e. The third-order valence-electron chi connectivity index (χ3n) is 1.60. The summed E-state index contributed by atoms with van der Waals surface area (Å²) in [6.45, 7) is 0.174. The number of hydrogen-bond donors (Lipinski definition) is 2. The van der Waals surface area contributed by atoms with Crippen LogP contribution in [-0.4, -0.2) is 34.4 Å². The van der Waals surface area contributed by atoms with Crippen molar-refractivity contribution in [2.45, 2.75) is 6.42 Å². The van der Waals surface area contributed by atoms with E-state index in [2.05, 4.69) is 4.98 Å². The predicted molar refractivity (Wildman–Crippen MR) is 53.4 cm³/mol. The lowest BCUT2D eigenvalue weighted by atomic mass is 10.3. The molecule has 0 aliphatic carbocycles. The van der Waals surface area contributed by atoms with Gasteiger partial charge in [-0.2, -0.15) is 0 Å². The summed E-state index contributed by atoms with van der Waals surface area (Å²) < 4.78 is 5.08. The molecule has 0 saturated carbocycles. The maximum absolute atomic E-state index is 10.8. The van der Waals surface area contributed by atoms with Crippen LogP contribution >= 0.6 is 11.6 Å². The molecule has 2 N–H and O–H groups in total. The topological polar surface area (TPSA) is 79.7 Å². The van der Waals surface area contributed by atoms with Crippen LogP contribution in [0.1, 0.15) is 16.8 Å². The second-order valence-corrected chi connectivity index (χ2v) is 3.10. The molecule has 6 heteroatoms. The highest BCUT2D eigenvalue weighted by Crippen LogP contribution is 2.18. The predicted octanol–water partition coefficient (Wildman–Crippen LogP) is 1.19. The lowest BCUT2D eigenvalue weighted by Gasteiger charge is -2.07. The number of aromatic carboxylic acids is 1. The molecule has 0 aromatic carbocycles. The zero-order valence-corrected chi connectivity index (χ0v) is 8.57. The molecule has 0 aliphatic rings. The SMILES string of the molecule is O=C(O)c1ccc(Cl)nc1OCCCO. The number of aliphatic hydroxyl groups is 1. The second-order valence-electron chi connectivity index (χ2n) is 2.72. The summed E-state index contributed by atoms with van der Waals surface area (Å²) >= 11 is 5.60. The van der Waals surface area contributed by atoms with E-state index < -0.39 is 5.97 Å². The standard InChI is InChI=1S/C9H10ClNO4/c10-7-3-2-6(9(13)14)8(11-7)15-5-1-4-12/h2-3,12H,1,4-5H2,(H,13,14). The first-order valence-corrected chi connectivity index (χ1v) is 4.66.